The first-order valence-corrected chi connectivity index (χ1v) is 6.39. The van der Waals surface area contributed by atoms with Gasteiger partial charge in [-0.1, -0.05) is 25.4 Å². The molecule has 0 aliphatic heterocycles. The van der Waals surface area contributed by atoms with Crippen molar-refractivity contribution in [3.63, 3.8) is 0 Å². The van der Waals surface area contributed by atoms with Crippen molar-refractivity contribution in [3.05, 3.63) is 23.2 Å². The molecule has 0 fully saturated rings. The Morgan fingerprint density at radius 2 is 1.95 bits per heavy atom. The lowest BCUT2D eigenvalue weighted by molar-refractivity contribution is -0.117. The van der Waals surface area contributed by atoms with Crippen molar-refractivity contribution < 1.29 is 9.59 Å². The summed E-state index contributed by atoms with van der Waals surface area (Å²) in [5.41, 5.74) is 6.23. The minimum Gasteiger partial charge on any atom is -0.326 e. The van der Waals surface area contributed by atoms with Gasteiger partial charge in [-0.25, -0.2) is 0 Å². The van der Waals surface area contributed by atoms with Gasteiger partial charge in [0.05, 0.1) is 17.3 Å². The van der Waals surface area contributed by atoms with Crippen LogP contribution in [0.3, 0.4) is 0 Å². The first-order valence-electron chi connectivity index (χ1n) is 6.01. The van der Waals surface area contributed by atoms with E-state index in [0.29, 0.717) is 22.8 Å². The Morgan fingerprint density at radius 3 is 2.53 bits per heavy atom. The van der Waals surface area contributed by atoms with Crippen LogP contribution in [-0.4, -0.2) is 18.4 Å². The van der Waals surface area contributed by atoms with Gasteiger partial charge in [-0.05, 0) is 24.1 Å². The summed E-state index contributed by atoms with van der Waals surface area (Å²) in [5.74, 6) is -0.135. The first kappa shape index (κ1) is 15.5. The number of carbonyl (C=O) groups excluding carboxylic acids is 2. The van der Waals surface area contributed by atoms with Gasteiger partial charge in [-0.2, -0.15) is 0 Å². The number of hydrogen-bond acceptors (Lipinski definition) is 3. The van der Waals surface area contributed by atoms with Crippen LogP contribution in [0.25, 0.3) is 0 Å². The van der Waals surface area contributed by atoms with E-state index >= 15 is 0 Å². The average molecular weight is 284 g/mol. The number of hydrogen-bond donors (Lipinski definition) is 3. The highest BCUT2D eigenvalue weighted by atomic mass is 35.5. The van der Waals surface area contributed by atoms with Gasteiger partial charge in [0.1, 0.15) is 0 Å². The third-order valence-corrected chi connectivity index (χ3v) is 2.63. The van der Waals surface area contributed by atoms with E-state index in [2.05, 4.69) is 10.6 Å². The molecule has 0 heterocycles. The Labute approximate surface area is 117 Å². The zero-order valence-electron chi connectivity index (χ0n) is 11.0. The van der Waals surface area contributed by atoms with Gasteiger partial charge in [-0.3, -0.25) is 9.59 Å². The average Bonchev–Trinajstić information content (AvgIpc) is 2.32. The monoisotopic (exact) mass is 283 g/mol. The van der Waals surface area contributed by atoms with Crippen LogP contribution in [0, 0.1) is 5.92 Å². The Bertz CT molecular complexity index is 475. The standard InChI is InChI=1S/C13H18ClN3O2/c1-8(2)5-12(18)16-9-3-4-10(14)11(6-9)17-13(19)7-15/h3-4,6,8H,5,7,15H2,1-2H3,(H,16,18)(H,17,19). The number of nitrogens with two attached hydrogens (primary N) is 1. The lowest BCUT2D eigenvalue weighted by Gasteiger charge is -2.11. The van der Waals surface area contributed by atoms with Crippen molar-refractivity contribution in [2.45, 2.75) is 20.3 Å². The van der Waals surface area contributed by atoms with E-state index < -0.39 is 0 Å². The van der Waals surface area contributed by atoms with Crippen LogP contribution < -0.4 is 16.4 Å². The molecule has 2 amide bonds. The molecule has 0 saturated heterocycles. The Kier molecular flexibility index (Phi) is 5.79. The normalized spacial score (nSPS) is 10.4. The highest BCUT2D eigenvalue weighted by molar-refractivity contribution is 6.33. The molecule has 0 aliphatic carbocycles. The maximum absolute atomic E-state index is 11.6. The van der Waals surface area contributed by atoms with E-state index in [0.717, 1.165) is 0 Å². The molecule has 1 rings (SSSR count). The molecule has 0 radical (unpaired) electrons. The second kappa shape index (κ2) is 7.11. The lowest BCUT2D eigenvalue weighted by atomic mass is 10.1. The fourth-order valence-electron chi connectivity index (χ4n) is 1.48. The zero-order chi connectivity index (χ0) is 14.4. The summed E-state index contributed by atoms with van der Waals surface area (Å²) >= 11 is 5.95. The van der Waals surface area contributed by atoms with Gasteiger partial charge < -0.3 is 16.4 Å². The predicted octanol–water partition coefficient (Wildman–Crippen LogP) is 2.22. The number of carbonyl (C=O) groups is 2. The molecule has 1 aromatic rings. The molecule has 4 N–H and O–H groups in total. The summed E-state index contributed by atoms with van der Waals surface area (Å²) < 4.78 is 0. The molecule has 0 saturated carbocycles. The number of halogens is 1. The van der Waals surface area contributed by atoms with Crippen molar-refractivity contribution >= 4 is 34.8 Å². The first-order chi connectivity index (χ1) is 8.92. The van der Waals surface area contributed by atoms with Crippen LogP contribution in [0.4, 0.5) is 11.4 Å². The molecule has 0 aliphatic rings. The van der Waals surface area contributed by atoms with E-state index in [1.165, 1.54) is 0 Å². The number of rotatable bonds is 5. The molecule has 5 nitrogen and oxygen atoms in total. The van der Waals surface area contributed by atoms with E-state index in [1.54, 1.807) is 18.2 Å². The number of anilines is 2. The van der Waals surface area contributed by atoms with Crippen molar-refractivity contribution in [3.8, 4) is 0 Å². The molecule has 1 aromatic carbocycles. The van der Waals surface area contributed by atoms with E-state index in [-0.39, 0.29) is 24.3 Å². The summed E-state index contributed by atoms with van der Waals surface area (Å²) in [6, 6.07) is 4.89. The third-order valence-electron chi connectivity index (χ3n) is 2.30. The maximum atomic E-state index is 11.6. The molecule has 0 unspecified atom stereocenters. The minimum atomic E-state index is -0.340. The molecule has 104 valence electrons. The second-order valence-corrected chi connectivity index (χ2v) is 5.00. The Morgan fingerprint density at radius 1 is 1.26 bits per heavy atom. The topological polar surface area (TPSA) is 84.2 Å². The van der Waals surface area contributed by atoms with Gasteiger partial charge in [0.2, 0.25) is 11.8 Å². The number of amides is 2. The van der Waals surface area contributed by atoms with Crippen LogP contribution >= 0.6 is 11.6 Å². The van der Waals surface area contributed by atoms with Crippen molar-refractivity contribution in [2.24, 2.45) is 11.7 Å². The lowest BCUT2D eigenvalue weighted by Crippen LogP contribution is -2.22. The van der Waals surface area contributed by atoms with Crippen molar-refractivity contribution in [2.75, 3.05) is 17.2 Å². The number of benzene rings is 1. The van der Waals surface area contributed by atoms with Crippen LogP contribution in [0.2, 0.25) is 5.02 Å². The summed E-state index contributed by atoms with van der Waals surface area (Å²) in [4.78, 5) is 22.9. The van der Waals surface area contributed by atoms with Gasteiger partial charge >= 0.3 is 0 Å². The molecule has 0 aromatic heterocycles. The van der Waals surface area contributed by atoms with Crippen molar-refractivity contribution in [1.82, 2.24) is 0 Å². The quantitative estimate of drug-likeness (QED) is 0.775. The van der Waals surface area contributed by atoms with Crippen molar-refractivity contribution in [1.29, 1.82) is 0 Å². The number of nitrogens with one attached hydrogen (secondary N) is 2. The summed E-state index contributed by atoms with van der Waals surface area (Å²) in [5, 5.41) is 5.71. The van der Waals surface area contributed by atoms with Crippen LogP contribution in [0.1, 0.15) is 20.3 Å². The van der Waals surface area contributed by atoms with E-state index in [1.807, 2.05) is 13.8 Å². The maximum Gasteiger partial charge on any atom is 0.238 e. The largest absolute Gasteiger partial charge is 0.326 e. The molecular weight excluding hydrogens is 266 g/mol. The van der Waals surface area contributed by atoms with Gasteiger partial charge in [0.15, 0.2) is 0 Å². The van der Waals surface area contributed by atoms with E-state index in [4.69, 9.17) is 17.3 Å². The molecule has 0 spiro atoms. The van der Waals surface area contributed by atoms with Crippen LogP contribution in [0.5, 0.6) is 0 Å². The zero-order valence-corrected chi connectivity index (χ0v) is 11.8. The Hall–Kier alpha value is -1.59. The minimum absolute atomic E-state index is 0.0755. The molecular formula is C13H18ClN3O2. The summed E-state index contributed by atoms with van der Waals surface area (Å²) in [6.07, 6.45) is 0.438. The summed E-state index contributed by atoms with van der Waals surface area (Å²) in [7, 11) is 0. The molecule has 0 bridgehead atoms. The van der Waals surface area contributed by atoms with Gasteiger partial charge in [0.25, 0.3) is 0 Å². The van der Waals surface area contributed by atoms with Crippen LogP contribution in [-0.2, 0) is 9.59 Å². The summed E-state index contributed by atoms with van der Waals surface area (Å²) in [6.45, 7) is 3.81. The SMILES string of the molecule is CC(C)CC(=O)Nc1ccc(Cl)c(NC(=O)CN)c1. The van der Waals surface area contributed by atoms with E-state index in [9.17, 15) is 9.59 Å². The highest BCUT2D eigenvalue weighted by Crippen LogP contribution is 2.25. The van der Waals surface area contributed by atoms with Gasteiger partial charge in [-0.15, -0.1) is 0 Å². The fraction of sp³-hybridized carbons (Fsp3) is 0.385. The van der Waals surface area contributed by atoms with Gasteiger partial charge in [0, 0.05) is 12.1 Å². The fourth-order valence-corrected chi connectivity index (χ4v) is 1.65. The third kappa shape index (κ3) is 5.28. The Balaban J connectivity index is 2.78. The smallest absolute Gasteiger partial charge is 0.238 e. The highest BCUT2D eigenvalue weighted by Gasteiger charge is 2.08. The molecule has 6 heteroatoms. The predicted molar refractivity (Wildman–Crippen MR) is 77.2 cm³/mol. The second-order valence-electron chi connectivity index (χ2n) is 4.59. The molecule has 19 heavy (non-hydrogen) atoms. The molecule has 0 atom stereocenters. The van der Waals surface area contributed by atoms with Crippen LogP contribution in [0.15, 0.2) is 18.2 Å².